The summed E-state index contributed by atoms with van der Waals surface area (Å²) in [6.07, 6.45) is -6.02. The van der Waals surface area contributed by atoms with Crippen LogP contribution in [0.4, 0.5) is 23.7 Å². The topological polar surface area (TPSA) is 69.6 Å². The van der Waals surface area contributed by atoms with Gasteiger partial charge >= 0.3 is 12.3 Å². The van der Waals surface area contributed by atoms with Gasteiger partial charge in [-0.3, -0.25) is 9.69 Å². The average molecular weight is 394 g/mol. The molecule has 0 aliphatic heterocycles. The minimum atomic E-state index is -4.66. The molecule has 0 aliphatic rings. The summed E-state index contributed by atoms with van der Waals surface area (Å²) in [5.41, 5.74) is -2.07. The number of carbonyl (C=O) groups excluding carboxylic acids is 1. The molecule has 8 heteroatoms. The Hall–Kier alpha value is -3.03. The zero-order valence-corrected chi connectivity index (χ0v) is 15.6. The zero-order chi connectivity index (χ0) is 21.1. The number of carboxylic acid groups (broad SMARTS) is 1. The number of nitrogens with one attached hydrogen (secondary N) is 1. The molecule has 28 heavy (non-hydrogen) atoms. The van der Waals surface area contributed by atoms with E-state index in [4.69, 9.17) is 0 Å². The highest BCUT2D eigenvalue weighted by atomic mass is 19.4. The lowest BCUT2D eigenvalue weighted by Gasteiger charge is -2.39. The van der Waals surface area contributed by atoms with Crippen molar-refractivity contribution < 1.29 is 27.9 Å². The molecule has 0 aliphatic carbocycles. The Morgan fingerprint density at radius 1 is 0.964 bits per heavy atom. The van der Waals surface area contributed by atoms with Crippen LogP contribution in [0.1, 0.15) is 37.9 Å². The Kier molecular flexibility index (Phi) is 6.01. The van der Waals surface area contributed by atoms with Gasteiger partial charge < -0.3 is 10.4 Å². The van der Waals surface area contributed by atoms with Gasteiger partial charge in [0.25, 0.3) is 5.91 Å². The van der Waals surface area contributed by atoms with Crippen LogP contribution in [0, 0.1) is 0 Å². The number of para-hydroxylation sites is 1. The fourth-order valence-corrected chi connectivity index (χ4v) is 2.88. The first kappa shape index (κ1) is 21.3. The van der Waals surface area contributed by atoms with E-state index >= 15 is 0 Å². The van der Waals surface area contributed by atoms with Gasteiger partial charge in [0.05, 0.1) is 11.3 Å². The van der Waals surface area contributed by atoms with Crippen LogP contribution in [0.5, 0.6) is 0 Å². The van der Waals surface area contributed by atoms with Crippen molar-refractivity contribution in [2.75, 3.05) is 5.32 Å². The molecule has 0 saturated heterocycles. The quantitative estimate of drug-likeness (QED) is 0.752. The van der Waals surface area contributed by atoms with E-state index in [1.165, 1.54) is 12.1 Å². The second-order valence-electron chi connectivity index (χ2n) is 7.17. The summed E-state index contributed by atoms with van der Waals surface area (Å²) in [6, 6.07) is 11.3. The molecule has 1 unspecified atom stereocenters. The SMILES string of the molecule is CC(C)(C)N(C(=O)O)C(C(=O)Nc1ccccc1C(F)(F)F)c1ccccc1. The van der Waals surface area contributed by atoms with Crippen LogP contribution in [0.3, 0.4) is 0 Å². The third-order valence-electron chi connectivity index (χ3n) is 4.04. The summed E-state index contributed by atoms with van der Waals surface area (Å²) in [5, 5.41) is 12.0. The van der Waals surface area contributed by atoms with E-state index in [1.807, 2.05) is 0 Å². The molecule has 2 amide bonds. The second-order valence-corrected chi connectivity index (χ2v) is 7.17. The molecule has 5 nitrogen and oxygen atoms in total. The summed E-state index contributed by atoms with van der Waals surface area (Å²) in [7, 11) is 0. The number of halogens is 3. The minimum absolute atomic E-state index is 0.349. The Morgan fingerprint density at radius 2 is 1.50 bits per heavy atom. The van der Waals surface area contributed by atoms with E-state index in [1.54, 1.807) is 51.1 Å². The fourth-order valence-electron chi connectivity index (χ4n) is 2.88. The molecule has 0 saturated carbocycles. The lowest BCUT2D eigenvalue weighted by Crippen LogP contribution is -2.50. The highest BCUT2D eigenvalue weighted by Crippen LogP contribution is 2.36. The second kappa shape index (κ2) is 7.92. The van der Waals surface area contributed by atoms with Gasteiger partial charge in [-0.2, -0.15) is 13.2 Å². The third kappa shape index (κ3) is 4.82. The normalized spacial score (nSPS) is 12.9. The molecule has 0 aromatic heterocycles. The molecule has 0 fully saturated rings. The Balaban J connectivity index is 2.51. The van der Waals surface area contributed by atoms with Gasteiger partial charge in [0, 0.05) is 5.54 Å². The van der Waals surface area contributed by atoms with Crippen LogP contribution in [0.2, 0.25) is 0 Å². The number of amides is 2. The summed E-state index contributed by atoms with van der Waals surface area (Å²) < 4.78 is 39.7. The van der Waals surface area contributed by atoms with Gasteiger partial charge in [0.15, 0.2) is 0 Å². The molecule has 0 bridgehead atoms. The van der Waals surface area contributed by atoms with Crippen LogP contribution in [0.15, 0.2) is 54.6 Å². The molecule has 0 radical (unpaired) electrons. The van der Waals surface area contributed by atoms with Gasteiger partial charge in [0.1, 0.15) is 6.04 Å². The van der Waals surface area contributed by atoms with Crippen molar-refractivity contribution in [3.8, 4) is 0 Å². The van der Waals surface area contributed by atoms with Crippen molar-refractivity contribution >= 4 is 17.7 Å². The average Bonchev–Trinajstić information content (AvgIpc) is 2.58. The van der Waals surface area contributed by atoms with Crippen LogP contribution in [0.25, 0.3) is 0 Å². The van der Waals surface area contributed by atoms with E-state index in [0.29, 0.717) is 5.56 Å². The molecule has 2 N–H and O–H groups in total. The highest BCUT2D eigenvalue weighted by Gasteiger charge is 2.40. The molecule has 0 spiro atoms. The van der Waals surface area contributed by atoms with Crippen molar-refractivity contribution in [3.05, 3.63) is 65.7 Å². The van der Waals surface area contributed by atoms with Gasteiger partial charge in [-0.15, -0.1) is 0 Å². The number of anilines is 1. The van der Waals surface area contributed by atoms with Crippen molar-refractivity contribution in [2.45, 2.75) is 38.5 Å². The summed E-state index contributed by atoms with van der Waals surface area (Å²) in [4.78, 5) is 25.8. The number of alkyl halides is 3. The smallest absolute Gasteiger partial charge is 0.418 e. The predicted molar refractivity (Wildman–Crippen MR) is 98.9 cm³/mol. The van der Waals surface area contributed by atoms with E-state index in [0.717, 1.165) is 17.0 Å². The molecule has 1 atom stereocenters. The highest BCUT2D eigenvalue weighted by molar-refractivity contribution is 5.98. The zero-order valence-electron chi connectivity index (χ0n) is 15.6. The first-order valence-electron chi connectivity index (χ1n) is 8.47. The lowest BCUT2D eigenvalue weighted by molar-refractivity contribution is -0.137. The maximum Gasteiger partial charge on any atom is 0.418 e. The van der Waals surface area contributed by atoms with Crippen LogP contribution in [-0.4, -0.2) is 27.5 Å². The lowest BCUT2D eigenvalue weighted by atomic mass is 9.97. The first-order chi connectivity index (χ1) is 12.9. The number of carbonyl (C=O) groups is 2. The molecular formula is C20H21F3N2O3. The monoisotopic (exact) mass is 394 g/mol. The molecular weight excluding hydrogens is 373 g/mol. The Bertz CT molecular complexity index is 846. The van der Waals surface area contributed by atoms with Gasteiger partial charge in [-0.25, -0.2) is 4.79 Å². The molecule has 150 valence electrons. The largest absolute Gasteiger partial charge is 0.465 e. The van der Waals surface area contributed by atoms with E-state index in [2.05, 4.69) is 5.32 Å². The van der Waals surface area contributed by atoms with Crippen molar-refractivity contribution in [3.63, 3.8) is 0 Å². The molecule has 2 aromatic carbocycles. The van der Waals surface area contributed by atoms with Crippen molar-refractivity contribution in [1.82, 2.24) is 4.90 Å². The standard InChI is InChI=1S/C20H21F3N2O3/c1-19(2,3)25(18(27)28)16(13-9-5-4-6-10-13)17(26)24-15-12-8-7-11-14(15)20(21,22)23/h4-12,16H,1-3H3,(H,24,26)(H,27,28). The summed E-state index contributed by atoms with van der Waals surface area (Å²) in [6.45, 7) is 4.82. The number of hydrogen-bond donors (Lipinski definition) is 2. The minimum Gasteiger partial charge on any atom is -0.465 e. The van der Waals surface area contributed by atoms with Gasteiger partial charge in [-0.1, -0.05) is 42.5 Å². The molecule has 2 aromatic rings. The van der Waals surface area contributed by atoms with Crippen molar-refractivity contribution in [2.24, 2.45) is 0 Å². The number of hydrogen-bond acceptors (Lipinski definition) is 2. The summed E-state index contributed by atoms with van der Waals surface area (Å²) in [5.74, 6) is -0.875. The van der Waals surface area contributed by atoms with Crippen LogP contribution < -0.4 is 5.32 Å². The Labute approximate surface area is 160 Å². The predicted octanol–water partition coefficient (Wildman–Crippen LogP) is 5.16. The van der Waals surface area contributed by atoms with E-state index < -0.39 is 41.0 Å². The number of rotatable bonds is 4. The van der Waals surface area contributed by atoms with Crippen LogP contribution >= 0.6 is 0 Å². The van der Waals surface area contributed by atoms with Crippen LogP contribution in [-0.2, 0) is 11.0 Å². The summed E-state index contributed by atoms with van der Waals surface area (Å²) >= 11 is 0. The number of benzene rings is 2. The molecule has 0 heterocycles. The Morgan fingerprint density at radius 3 is 2.00 bits per heavy atom. The fraction of sp³-hybridized carbons (Fsp3) is 0.300. The third-order valence-corrected chi connectivity index (χ3v) is 4.04. The van der Waals surface area contributed by atoms with Crippen molar-refractivity contribution in [1.29, 1.82) is 0 Å². The maximum atomic E-state index is 13.2. The van der Waals surface area contributed by atoms with Gasteiger partial charge in [0.2, 0.25) is 0 Å². The molecule has 2 rings (SSSR count). The van der Waals surface area contributed by atoms with E-state index in [9.17, 15) is 27.9 Å². The van der Waals surface area contributed by atoms with Gasteiger partial charge in [-0.05, 0) is 38.5 Å². The number of nitrogens with zero attached hydrogens (tertiary/aromatic N) is 1. The maximum absolute atomic E-state index is 13.2. The van der Waals surface area contributed by atoms with E-state index in [-0.39, 0.29) is 0 Å². The first-order valence-corrected chi connectivity index (χ1v) is 8.47.